The molecule has 0 aliphatic carbocycles. The van der Waals surface area contributed by atoms with E-state index in [0.717, 1.165) is 15.8 Å². The molecule has 1 amide bonds. The smallest absolute Gasteiger partial charge is 0.293 e. The van der Waals surface area contributed by atoms with Gasteiger partial charge in [0, 0.05) is 5.56 Å². The van der Waals surface area contributed by atoms with Crippen molar-refractivity contribution >= 4 is 11.4 Å². The summed E-state index contributed by atoms with van der Waals surface area (Å²) < 4.78 is 2.44. The Bertz CT molecular complexity index is 939. The Labute approximate surface area is 126 Å². The number of carbonyl (C=O) groups is 1. The number of amides is 1. The van der Waals surface area contributed by atoms with Crippen molar-refractivity contribution in [3.8, 4) is 11.3 Å². The first-order chi connectivity index (χ1) is 10.5. The number of hydrogen-bond donors (Lipinski definition) is 1. The van der Waals surface area contributed by atoms with Crippen LogP contribution in [-0.2, 0) is 11.3 Å². The normalized spacial score (nSPS) is 11.0. The maximum atomic E-state index is 12.3. The quantitative estimate of drug-likeness (QED) is 0.768. The molecule has 0 fully saturated rings. The van der Waals surface area contributed by atoms with Crippen LogP contribution < -0.4 is 11.3 Å². The zero-order valence-electron chi connectivity index (χ0n) is 12.3. The Morgan fingerprint density at radius 1 is 1.23 bits per heavy atom. The molecular formula is C15H15N5O2. The Kier molecular flexibility index (Phi) is 3.25. The number of carbonyl (C=O) groups excluding carboxylic acids is 1. The third-order valence-corrected chi connectivity index (χ3v) is 3.60. The van der Waals surface area contributed by atoms with Gasteiger partial charge in [0.05, 0.1) is 5.69 Å². The summed E-state index contributed by atoms with van der Waals surface area (Å²) in [6.45, 7) is 3.81. The van der Waals surface area contributed by atoms with Crippen LogP contribution in [0.2, 0.25) is 0 Å². The van der Waals surface area contributed by atoms with E-state index < -0.39 is 11.5 Å². The van der Waals surface area contributed by atoms with Gasteiger partial charge in [-0.05, 0) is 37.1 Å². The maximum absolute atomic E-state index is 12.3. The highest BCUT2D eigenvalue weighted by atomic mass is 16.2. The fourth-order valence-corrected chi connectivity index (χ4v) is 2.24. The van der Waals surface area contributed by atoms with Crippen LogP contribution in [0.15, 0.2) is 35.4 Å². The average Bonchev–Trinajstić information content (AvgIpc) is 2.89. The highest BCUT2D eigenvalue weighted by Crippen LogP contribution is 2.21. The second-order valence-corrected chi connectivity index (χ2v) is 5.22. The van der Waals surface area contributed by atoms with E-state index in [1.165, 1.54) is 16.4 Å². The van der Waals surface area contributed by atoms with Gasteiger partial charge in [0.25, 0.3) is 5.56 Å². The maximum Gasteiger partial charge on any atom is 0.293 e. The molecular weight excluding hydrogens is 282 g/mol. The summed E-state index contributed by atoms with van der Waals surface area (Å²) in [6, 6.07) is 7.68. The number of benzene rings is 1. The van der Waals surface area contributed by atoms with Crippen LogP contribution in [0.4, 0.5) is 0 Å². The van der Waals surface area contributed by atoms with Crippen molar-refractivity contribution < 1.29 is 4.79 Å². The second-order valence-electron chi connectivity index (χ2n) is 5.22. The Balaban J connectivity index is 2.13. The van der Waals surface area contributed by atoms with E-state index in [0.29, 0.717) is 11.2 Å². The molecule has 0 saturated carbocycles. The lowest BCUT2D eigenvalue weighted by Crippen LogP contribution is -2.30. The third kappa shape index (κ3) is 2.37. The molecule has 0 aliphatic rings. The lowest BCUT2D eigenvalue weighted by molar-refractivity contribution is -0.118. The first-order valence-electron chi connectivity index (χ1n) is 6.77. The van der Waals surface area contributed by atoms with Gasteiger partial charge in [0.1, 0.15) is 18.4 Å². The number of rotatable bonds is 3. The van der Waals surface area contributed by atoms with Crippen LogP contribution in [0.3, 0.4) is 0 Å². The van der Waals surface area contributed by atoms with E-state index in [2.05, 4.69) is 10.2 Å². The van der Waals surface area contributed by atoms with E-state index in [4.69, 9.17) is 5.73 Å². The summed E-state index contributed by atoms with van der Waals surface area (Å²) in [5.74, 6) is -0.618. The average molecular weight is 297 g/mol. The first-order valence-corrected chi connectivity index (χ1v) is 6.77. The number of fused-ring (bicyclic) bond motifs is 1. The van der Waals surface area contributed by atoms with Gasteiger partial charge in [0.15, 0.2) is 0 Å². The van der Waals surface area contributed by atoms with Crippen LogP contribution in [0.25, 0.3) is 16.8 Å². The van der Waals surface area contributed by atoms with Gasteiger partial charge < -0.3 is 5.73 Å². The Hall–Kier alpha value is -2.96. The topological polar surface area (TPSA) is 95.3 Å². The molecule has 3 aromatic rings. The summed E-state index contributed by atoms with van der Waals surface area (Å²) in [4.78, 5) is 23.2. The lowest BCUT2D eigenvalue weighted by Gasteiger charge is -2.01. The fourth-order valence-electron chi connectivity index (χ4n) is 2.24. The molecule has 0 radical (unpaired) electrons. The van der Waals surface area contributed by atoms with Gasteiger partial charge in [-0.1, -0.05) is 12.1 Å². The van der Waals surface area contributed by atoms with Crippen LogP contribution >= 0.6 is 0 Å². The molecule has 2 aromatic heterocycles. The third-order valence-electron chi connectivity index (χ3n) is 3.60. The van der Waals surface area contributed by atoms with E-state index in [1.807, 2.05) is 32.0 Å². The van der Waals surface area contributed by atoms with Crippen LogP contribution in [0.5, 0.6) is 0 Å². The number of aryl methyl sites for hydroxylation is 2. The molecule has 0 saturated heterocycles. The van der Waals surface area contributed by atoms with E-state index in [1.54, 1.807) is 6.07 Å². The Morgan fingerprint density at radius 3 is 2.68 bits per heavy atom. The largest absolute Gasteiger partial charge is 0.368 e. The van der Waals surface area contributed by atoms with Gasteiger partial charge in [-0.25, -0.2) is 9.20 Å². The number of nitrogens with two attached hydrogens (primary N) is 1. The van der Waals surface area contributed by atoms with Gasteiger partial charge in [-0.15, -0.1) is 0 Å². The summed E-state index contributed by atoms with van der Waals surface area (Å²) in [5.41, 5.74) is 9.00. The SMILES string of the molecule is Cc1ccc(-c2cc3c(=O)n(CC(N)=O)ncn3n2)cc1C. The first kappa shape index (κ1) is 14.0. The van der Waals surface area contributed by atoms with Gasteiger partial charge >= 0.3 is 0 Å². The molecule has 1 aromatic carbocycles. The molecule has 0 atom stereocenters. The van der Waals surface area contributed by atoms with Gasteiger partial charge in [-0.3, -0.25) is 9.59 Å². The van der Waals surface area contributed by atoms with Crippen molar-refractivity contribution in [1.29, 1.82) is 0 Å². The Morgan fingerprint density at radius 2 is 2.00 bits per heavy atom. The van der Waals surface area contributed by atoms with Gasteiger partial charge in [0.2, 0.25) is 5.91 Å². The molecule has 2 heterocycles. The minimum Gasteiger partial charge on any atom is -0.368 e. The number of aromatic nitrogens is 4. The van der Waals surface area contributed by atoms with Gasteiger partial charge in [-0.2, -0.15) is 10.2 Å². The molecule has 2 N–H and O–H groups in total. The minimum atomic E-state index is -0.618. The summed E-state index contributed by atoms with van der Waals surface area (Å²) in [5, 5.41) is 8.25. The lowest BCUT2D eigenvalue weighted by atomic mass is 10.0. The van der Waals surface area contributed by atoms with Crippen LogP contribution in [-0.4, -0.2) is 25.3 Å². The number of hydrogen-bond acceptors (Lipinski definition) is 4. The van der Waals surface area contributed by atoms with E-state index >= 15 is 0 Å². The van der Waals surface area contributed by atoms with E-state index in [9.17, 15) is 9.59 Å². The molecule has 7 heteroatoms. The zero-order valence-corrected chi connectivity index (χ0v) is 12.3. The van der Waals surface area contributed by atoms with Crippen molar-refractivity contribution in [3.05, 3.63) is 52.1 Å². The zero-order chi connectivity index (χ0) is 15.9. The highest BCUT2D eigenvalue weighted by molar-refractivity contribution is 5.73. The summed E-state index contributed by atoms with van der Waals surface area (Å²) in [6.07, 6.45) is 1.39. The molecule has 0 aliphatic heterocycles. The fraction of sp³-hybridized carbons (Fsp3) is 0.200. The predicted octanol–water partition coefficient (Wildman–Crippen LogP) is 0.660. The predicted molar refractivity (Wildman–Crippen MR) is 81.4 cm³/mol. The number of nitrogens with zero attached hydrogens (tertiary/aromatic N) is 4. The molecule has 3 rings (SSSR count). The summed E-state index contributed by atoms with van der Waals surface area (Å²) >= 11 is 0. The second kappa shape index (κ2) is 5.10. The molecule has 0 unspecified atom stereocenters. The highest BCUT2D eigenvalue weighted by Gasteiger charge is 2.11. The molecule has 22 heavy (non-hydrogen) atoms. The summed E-state index contributed by atoms with van der Waals surface area (Å²) in [7, 11) is 0. The van der Waals surface area contributed by atoms with Crippen molar-refractivity contribution in [3.63, 3.8) is 0 Å². The minimum absolute atomic E-state index is 0.251. The monoisotopic (exact) mass is 297 g/mol. The van der Waals surface area contributed by atoms with Crippen molar-refractivity contribution in [2.24, 2.45) is 5.73 Å². The molecule has 7 nitrogen and oxygen atoms in total. The standard InChI is InChI=1S/C15H15N5O2/c1-9-3-4-11(5-10(9)2)12-6-13-15(22)19(7-14(16)21)17-8-20(13)18-12/h3-6,8H,7H2,1-2H3,(H2,16,21). The van der Waals surface area contributed by atoms with Crippen molar-refractivity contribution in [1.82, 2.24) is 19.4 Å². The number of primary amides is 1. The molecule has 0 bridgehead atoms. The van der Waals surface area contributed by atoms with E-state index in [-0.39, 0.29) is 6.54 Å². The van der Waals surface area contributed by atoms with Crippen molar-refractivity contribution in [2.75, 3.05) is 0 Å². The van der Waals surface area contributed by atoms with Crippen LogP contribution in [0, 0.1) is 13.8 Å². The molecule has 0 spiro atoms. The van der Waals surface area contributed by atoms with Crippen LogP contribution in [0.1, 0.15) is 11.1 Å². The molecule has 112 valence electrons. The van der Waals surface area contributed by atoms with Crippen molar-refractivity contribution in [2.45, 2.75) is 20.4 Å².